The van der Waals surface area contributed by atoms with E-state index in [9.17, 15) is 24.5 Å². The maximum Gasteiger partial charge on any atom is 0.335 e. The van der Waals surface area contributed by atoms with Crippen molar-refractivity contribution < 1.29 is 28.8 Å². The summed E-state index contributed by atoms with van der Waals surface area (Å²) < 4.78 is 10.4. The summed E-state index contributed by atoms with van der Waals surface area (Å²) in [7, 11) is 0. The highest BCUT2D eigenvalue weighted by molar-refractivity contribution is 6.40. The summed E-state index contributed by atoms with van der Waals surface area (Å²) in [5.41, 5.74) is -0.446. The first-order valence-corrected chi connectivity index (χ1v) is 8.48. The fourth-order valence-electron chi connectivity index (χ4n) is 2.83. The van der Waals surface area contributed by atoms with E-state index in [1.807, 2.05) is 0 Å². The lowest BCUT2D eigenvalue weighted by molar-refractivity contribution is -0.384. The number of hydrogen-bond acceptors (Lipinski definition) is 7. The van der Waals surface area contributed by atoms with Gasteiger partial charge in [0.25, 0.3) is 17.5 Å². The summed E-state index contributed by atoms with van der Waals surface area (Å²) in [6.07, 6.45) is 1.10. The van der Waals surface area contributed by atoms with E-state index in [1.54, 1.807) is 0 Å². The van der Waals surface area contributed by atoms with E-state index >= 15 is 0 Å². The lowest BCUT2D eigenvalue weighted by atomic mass is 10.1. The lowest BCUT2D eigenvalue weighted by Gasteiger charge is -2.26. The Morgan fingerprint density at radius 1 is 1.10 bits per heavy atom. The quantitative estimate of drug-likeness (QED) is 0.353. The van der Waals surface area contributed by atoms with Crippen LogP contribution in [0, 0.1) is 10.1 Å². The highest BCUT2D eigenvalue weighted by atomic mass is 35.5. The molecule has 29 heavy (non-hydrogen) atoms. The Morgan fingerprint density at radius 3 is 2.62 bits per heavy atom. The van der Waals surface area contributed by atoms with E-state index in [0.29, 0.717) is 11.5 Å². The molecule has 2 aliphatic rings. The van der Waals surface area contributed by atoms with Crippen LogP contribution < -0.4 is 19.7 Å². The van der Waals surface area contributed by atoms with Gasteiger partial charge in [-0.15, -0.1) is 0 Å². The molecule has 146 valence electrons. The zero-order valence-corrected chi connectivity index (χ0v) is 15.1. The van der Waals surface area contributed by atoms with Crippen molar-refractivity contribution in [3.05, 3.63) is 62.7 Å². The van der Waals surface area contributed by atoms with Crippen molar-refractivity contribution in [1.29, 1.82) is 0 Å². The molecule has 11 heteroatoms. The highest BCUT2D eigenvalue weighted by Crippen LogP contribution is 2.36. The molecule has 0 spiro atoms. The second kappa shape index (κ2) is 6.91. The first-order valence-electron chi connectivity index (χ1n) is 8.10. The Bertz CT molecular complexity index is 1130. The van der Waals surface area contributed by atoms with E-state index < -0.39 is 28.3 Å². The molecule has 2 aliphatic heterocycles. The summed E-state index contributed by atoms with van der Waals surface area (Å²) >= 11 is 6.04. The molecule has 2 heterocycles. The molecule has 1 fully saturated rings. The molecule has 0 saturated carbocycles. The van der Waals surface area contributed by atoms with Crippen LogP contribution in [0.4, 0.5) is 16.2 Å². The second-order valence-electron chi connectivity index (χ2n) is 5.96. The SMILES string of the molecule is O=C1NC(=O)N(c2ccc3c(c2)OCO3)C(=O)/C1=C/c1cc([N+](=O)[O-])ccc1Cl. The largest absolute Gasteiger partial charge is 0.454 e. The number of fused-ring (bicyclic) bond motifs is 1. The molecule has 0 atom stereocenters. The molecule has 1 N–H and O–H groups in total. The van der Waals surface area contributed by atoms with Crippen LogP contribution in [0.15, 0.2) is 42.0 Å². The number of imide groups is 2. The number of anilines is 1. The summed E-state index contributed by atoms with van der Waals surface area (Å²) in [5.74, 6) is -1.07. The normalized spacial score (nSPS) is 16.9. The highest BCUT2D eigenvalue weighted by Gasteiger charge is 2.37. The van der Waals surface area contributed by atoms with Crippen LogP contribution >= 0.6 is 11.6 Å². The predicted octanol–water partition coefficient (Wildman–Crippen LogP) is 2.64. The monoisotopic (exact) mass is 415 g/mol. The van der Waals surface area contributed by atoms with E-state index in [-0.39, 0.29) is 28.8 Å². The van der Waals surface area contributed by atoms with Crippen LogP contribution in [-0.2, 0) is 9.59 Å². The third kappa shape index (κ3) is 3.25. The maximum absolute atomic E-state index is 12.9. The predicted molar refractivity (Wildman–Crippen MR) is 99.7 cm³/mol. The second-order valence-corrected chi connectivity index (χ2v) is 6.37. The molecule has 0 radical (unpaired) electrons. The van der Waals surface area contributed by atoms with Crippen molar-refractivity contribution >= 4 is 46.9 Å². The smallest absolute Gasteiger partial charge is 0.335 e. The number of urea groups is 1. The van der Waals surface area contributed by atoms with Crippen molar-refractivity contribution in [3.8, 4) is 11.5 Å². The van der Waals surface area contributed by atoms with Gasteiger partial charge in [-0.3, -0.25) is 25.0 Å². The molecule has 0 aromatic heterocycles. The molecular weight excluding hydrogens is 406 g/mol. The molecule has 0 bridgehead atoms. The van der Waals surface area contributed by atoms with Crippen molar-refractivity contribution in [2.24, 2.45) is 0 Å². The Morgan fingerprint density at radius 2 is 1.86 bits per heavy atom. The minimum absolute atomic E-state index is 0.00779. The fraction of sp³-hybridized carbons (Fsp3) is 0.0556. The van der Waals surface area contributed by atoms with Crippen LogP contribution in [-0.4, -0.2) is 29.6 Å². The van der Waals surface area contributed by atoms with Crippen molar-refractivity contribution in [3.63, 3.8) is 0 Å². The topological polar surface area (TPSA) is 128 Å². The zero-order valence-electron chi connectivity index (χ0n) is 14.4. The van der Waals surface area contributed by atoms with Gasteiger partial charge in [0, 0.05) is 28.8 Å². The van der Waals surface area contributed by atoms with Crippen molar-refractivity contribution in [2.45, 2.75) is 0 Å². The van der Waals surface area contributed by atoms with Gasteiger partial charge in [-0.1, -0.05) is 11.6 Å². The Hall–Kier alpha value is -3.92. The minimum Gasteiger partial charge on any atom is -0.454 e. The average molecular weight is 416 g/mol. The molecule has 4 rings (SSSR count). The maximum atomic E-state index is 12.9. The van der Waals surface area contributed by atoms with Gasteiger partial charge in [-0.25, -0.2) is 9.69 Å². The van der Waals surface area contributed by atoms with Gasteiger partial charge < -0.3 is 9.47 Å². The molecule has 2 aromatic carbocycles. The first kappa shape index (κ1) is 18.4. The van der Waals surface area contributed by atoms with Gasteiger partial charge >= 0.3 is 6.03 Å². The Labute approximate surface area is 167 Å². The van der Waals surface area contributed by atoms with E-state index in [2.05, 4.69) is 5.32 Å². The van der Waals surface area contributed by atoms with Gasteiger partial charge in [0.15, 0.2) is 11.5 Å². The number of non-ortho nitro benzene ring substituents is 1. The number of benzene rings is 2. The molecule has 4 amide bonds. The number of nitrogens with one attached hydrogen (secondary N) is 1. The number of barbiturate groups is 1. The zero-order chi connectivity index (χ0) is 20.7. The summed E-state index contributed by atoms with van der Waals surface area (Å²) in [4.78, 5) is 48.5. The standard InChI is InChI=1S/C18H10ClN3O7/c19-13-3-1-11(22(26)27)5-9(13)6-12-16(23)20-18(25)21(17(12)24)10-2-4-14-15(7-10)29-8-28-14/h1-7H,8H2,(H,20,23,25)/b12-6+. The Kier molecular flexibility index (Phi) is 4.40. The number of carbonyl (C=O) groups is 3. The van der Waals surface area contributed by atoms with Gasteiger partial charge in [0.2, 0.25) is 6.79 Å². The Balaban J connectivity index is 1.75. The third-order valence-electron chi connectivity index (χ3n) is 4.21. The number of nitro benzene ring substituents is 1. The van der Waals surface area contributed by atoms with Crippen LogP contribution in [0.25, 0.3) is 6.08 Å². The molecule has 0 aliphatic carbocycles. The number of hydrogen-bond donors (Lipinski definition) is 1. The first-order chi connectivity index (χ1) is 13.8. The number of nitrogens with zero attached hydrogens (tertiary/aromatic N) is 2. The third-order valence-corrected chi connectivity index (χ3v) is 4.55. The fourth-order valence-corrected chi connectivity index (χ4v) is 3.00. The number of rotatable bonds is 3. The molecule has 1 saturated heterocycles. The van der Waals surface area contributed by atoms with Crippen LogP contribution in [0.3, 0.4) is 0 Å². The molecule has 10 nitrogen and oxygen atoms in total. The van der Waals surface area contributed by atoms with E-state index in [4.69, 9.17) is 21.1 Å². The summed E-state index contributed by atoms with van der Waals surface area (Å²) in [6.45, 7) is 0.00779. The van der Waals surface area contributed by atoms with E-state index in [1.165, 1.54) is 30.3 Å². The number of ether oxygens (including phenoxy) is 2. The van der Waals surface area contributed by atoms with Crippen molar-refractivity contribution in [1.82, 2.24) is 5.32 Å². The summed E-state index contributed by atoms with van der Waals surface area (Å²) in [5, 5.41) is 13.1. The summed E-state index contributed by atoms with van der Waals surface area (Å²) in [6, 6.07) is 7.05. The number of nitro groups is 1. The molecular formula is C18H10ClN3O7. The van der Waals surface area contributed by atoms with Gasteiger partial charge in [0.05, 0.1) is 10.6 Å². The number of carbonyl (C=O) groups excluding carboxylic acids is 3. The minimum atomic E-state index is -0.945. The van der Waals surface area contributed by atoms with Crippen LogP contribution in [0.1, 0.15) is 5.56 Å². The van der Waals surface area contributed by atoms with Gasteiger partial charge in [0.1, 0.15) is 5.57 Å². The van der Waals surface area contributed by atoms with Crippen LogP contribution in [0.2, 0.25) is 5.02 Å². The lowest BCUT2D eigenvalue weighted by Crippen LogP contribution is -2.54. The van der Waals surface area contributed by atoms with Crippen LogP contribution in [0.5, 0.6) is 11.5 Å². The molecule has 0 unspecified atom stereocenters. The van der Waals surface area contributed by atoms with Gasteiger partial charge in [-0.05, 0) is 24.3 Å². The average Bonchev–Trinajstić information content (AvgIpc) is 3.14. The number of halogens is 1. The van der Waals surface area contributed by atoms with E-state index in [0.717, 1.165) is 17.0 Å². The van der Waals surface area contributed by atoms with Gasteiger partial charge in [-0.2, -0.15) is 0 Å². The molecule has 2 aromatic rings. The van der Waals surface area contributed by atoms with Crippen molar-refractivity contribution in [2.75, 3.05) is 11.7 Å². The number of amides is 4.